The van der Waals surface area contributed by atoms with Gasteiger partial charge in [-0.15, -0.1) is 0 Å². The van der Waals surface area contributed by atoms with Crippen molar-refractivity contribution in [2.75, 3.05) is 26.7 Å². The molecule has 0 radical (unpaired) electrons. The van der Waals surface area contributed by atoms with Gasteiger partial charge >= 0.3 is 6.03 Å². The van der Waals surface area contributed by atoms with Gasteiger partial charge in [-0.05, 0) is 30.7 Å². The molecular formula is C20H25N3O2. The molecule has 1 aliphatic heterocycles. The zero-order chi connectivity index (χ0) is 17.5. The molecule has 0 aliphatic carbocycles. The number of hydrogen-bond acceptors (Lipinski definition) is 3. The molecular weight excluding hydrogens is 314 g/mol. The van der Waals surface area contributed by atoms with Crippen molar-refractivity contribution in [3.63, 3.8) is 0 Å². The molecule has 5 nitrogen and oxygen atoms in total. The van der Waals surface area contributed by atoms with Crippen molar-refractivity contribution in [1.82, 2.24) is 15.5 Å². The van der Waals surface area contributed by atoms with Gasteiger partial charge in [-0.3, -0.25) is 0 Å². The first-order valence-corrected chi connectivity index (χ1v) is 8.68. The van der Waals surface area contributed by atoms with E-state index in [9.17, 15) is 4.79 Å². The fourth-order valence-electron chi connectivity index (χ4n) is 2.99. The Bertz CT molecular complexity index is 690. The smallest absolute Gasteiger partial charge is 0.315 e. The molecule has 1 atom stereocenters. The van der Waals surface area contributed by atoms with Crippen molar-refractivity contribution in [3.05, 3.63) is 65.7 Å². The Kier molecular flexibility index (Phi) is 5.90. The molecule has 2 aromatic carbocycles. The Balaban J connectivity index is 1.36. The summed E-state index contributed by atoms with van der Waals surface area (Å²) in [5, 5.41) is 5.91. The molecule has 2 N–H and O–H groups in total. The highest BCUT2D eigenvalue weighted by Crippen LogP contribution is 2.23. The number of urea groups is 1. The molecule has 0 fully saturated rings. The van der Waals surface area contributed by atoms with Crippen LogP contribution in [-0.2, 0) is 13.0 Å². The predicted octanol–water partition coefficient (Wildman–Crippen LogP) is 2.42. The van der Waals surface area contributed by atoms with Gasteiger partial charge in [0.1, 0.15) is 12.4 Å². The fourth-order valence-corrected chi connectivity index (χ4v) is 2.99. The Morgan fingerprint density at radius 1 is 1.16 bits per heavy atom. The van der Waals surface area contributed by atoms with Crippen LogP contribution >= 0.6 is 0 Å². The van der Waals surface area contributed by atoms with Gasteiger partial charge in [-0.2, -0.15) is 0 Å². The number of likely N-dealkylation sites (N-methyl/N-ethyl adjacent to an activating group) is 1. The number of hydrogen-bond donors (Lipinski definition) is 2. The van der Waals surface area contributed by atoms with Crippen LogP contribution in [0.25, 0.3) is 0 Å². The number of para-hydroxylation sites is 1. The molecule has 0 unspecified atom stereocenters. The molecule has 132 valence electrons. The van der Waals surface area contributed by atoms with Crippen molar-refractivity contribution in [2.45, 2.75) is 19.0 Å². The fraction of sp³-hybridized carbons (Fsp3) is 0.350. The van der Waals surface area contributed by atoms with Crippen LogP contribution in [0.3, 0.4) is 0 Å². The number of ether oxygens (including phenoxy) is 1. The van der Waals surface area contributed by atoms with E-state index in [0.717, 1.165) is 30.8 Å². The minimum absolute atomic E-state index is 0.0111. The lowest BCUT2D eigenvalue weighted by atomic mass is 10.0. The summed E-state index contributed by atoms with van der Waals surface area (Å²) in [6.07, 6.45) is 0.803. The highest BCUT2D eigenvalue weighted by molar-refractivity contribution is 5.74. The zero-order valence-corrected chi connectivity index (χ0v) is 14.6. The number of benzene rings is 2. The molecule has 0 aromatic heterocycles. The van der Waals surface area contributed by atoms with E-state index in [1.54, 1.807) is 0 Å². The summed E-state index contributed by atoms with van der Waals surface area (Å²) in [6.45, 7) is 2.79. The molecule has 3 rings (SSSR count). The Morgan fingerprint density at radius 2 is 1.92 bits per heavy atom. The second kappa shape index (κ2) is 8.53. The first kappa shape index (κ1) is 17.3. The van der Waals surface area contributed by atoms with Crippen molar-refractivity contribution < 1.29 is 9.53 Å². The lowest BCUT2D eigenvalue weighted by molar-refractivity contribution is 0.213. The second-order valence-corrected chi connectivity index (χ2v) is 6.44. The molecule has 5 heteroatoms. The topological polar surface area (TPSA) is 53.6 Å². The van der Waals surface area contributed by atoms with Crippen molar-refractivity contribution in [2.24, 2.45) is 0 Å². The highest BCUT2D eigenvalue weighted by atomic mass is 16.5. The molecule has 2 amide bonds. The first-order chi connectivity index (χ1) is 12.2. The van der Waals surface area contributed by atoms with Crippen molar-refractivity contribution in [3.8, 4) is 5.75 Å². The summed E-state index contributed by atoms with van der Waals surface area (Å²) in [5.74, 6) is 0.920. The van der Waals surface area contributed by atoms with Crippen LogP contribution in [-0.4, -0.2) is 43.7 Å². The standard InChI is InChI=1S/C20H25N3O2/c1-23(14-16-7-3-2-4-8-16)12-11-21-20(24)22-18-13-17-9-5-6-10-19(17)25-15-18/h2-10,18H,11-15H2,1H3,(H2,21,22,24)/t18-/m1/s1. The number of nitrogens with zero attached hydrogens (tertiary/aromatic N) is 1. The summed E-state index contributed by atoms with van der Waals surface area (Å²) in [5.41, 5.74) is 2.41. The predicted molar refractivity (Wildman–Crippen MR) is 98.7 cm³/mol. The largest absolute Gasteiger partial charge is 0.491 e. The lowest BCUT2D eigenvalue weighted by Gasteiger charge is -2.26. The van der Waals surface area contributed by atoms with Gasteiger partial charge in [0, 0.05) is 19.6 Å². The summed E-state index contributed by atoms with van der Waals surface area (Å²) >= 11 is 0. The van der Waals surface area contributed by atoms with Crippen molar-refractivity contribution >= 4 is 6.03 Å². The summed E-state index contributed by atoms with van der Waals surface area (Å²) in [7, 11) is 2.05. The summed E-state index contributed by atoms with van der Waals surface area (Å²) < 4.78 is 5.70. The molecule has 1 heterocycles. The van der Waals surface area contributed by atoms with Crippen molar-refractivity contribution in [1.29, 1.82) is 0 Å². The second-order valence-electron chi connectivity index (χ2n) is 6.44. The van der Waals surface area contributed by atoms with Crippen LogP contribution < -0.4 is 15.4 Å². The van der Waals surface area contributed by atoms with E-state index in [-0.39, 0.29) is 12.1 Å². The first-order valence-electron chi connectivity index (χ1n) is 8.68. The summed E-state index contributed by atoms with van der Waals surface area (Å²) in [6, 6.07) is 18.2. The Hall–Kier alpha value is -2.53. The minimum atomic E-state index is -0.138. The molecule has 1 aliphatic rings. The van der Waals surface area contributed by atoms with Crippen LogP contribution in [0.4, 0.5) is 4.79 Å². The third-order valence-electron chi connectivity index (χ3n) is 4.29. The number of carbonyl (C=O) groups excluding carboxylic acids is 1. The van der Waals surface area contributed by atoms with Gasteiger partial charge in [-0.1, -0.05) is 48.5 Å². The number of carbonyl (C=O) groups is 1. The quantitative estimate of drug-likeness (QED) is 0.850. The zero-order valence-electron chi connectivity index (χ0n) is 14.6. The van der Waals surface area contributed by atoms with E-state index in [4.69, 9.17) is 4.74 Å². The number of nitrogens with one attached hydrogen (secondary N) is 2. The van der Waals surface area contributed by atoms with E-state index >= 15 is 0 Å². The normalized spacial score (nSPS) is 16.0. The molecule has 0 saturated carbocycles. The van der Waals surface area contributed by atoms with E-state index in [0.29, 0.717) is 13.2 Å². The van der Waals surface area contributed by atoms with Gasteiger partial charge in [0.05, 0.1) is 6.04 Å². The SMILES string of the molecule is CN(CCNC(=O)N[C@H]1COc2ccccc2C1)Cc1ccccc1. The number of fused-ring (bicyclic) bond motifs is 1. The molecule has 0 spiro atoms. The summed E-state index contributed by atoms with van der Waals surface area (Å²) in [4.78, 5) is 14.3. The maximum atomic E-state index is 12.1. The van der Waals surface area contributed by atoms with Gasteiger partial charge in [0.2, 0.25) is 0 Å². The molecule has 25 heavy (non-hydrogen) atoms. The van der Waals surface area contributed by atoms with Crippen LogP contribution in [0.5, 0.6) is 5.75 Å². The lowest BCUT2D eigenvalue weighted by Crippen LogP contribution is -2.48. The minimum Gasteiger partial charge on any atom is -0.491 e. The molecule has 0 saturated heterocycles. The Morgan fingerprint density at radius 3 is 2.76 bits per heavy atom. The maximum Gasteiger partial charge on any atom is 0.315 e. The third-order valence-corrected chi connectivity index (χ3v) is 4.29. The maximum absolute atomic E-state index is 12.1. The average molecular weight is 339 g/mol. The Labute approximate surface area is 149 Å². The third kappa shape index (κ3) is 5.22. The number of rotatable bonds is 6. The molecule has 0 bridgehead atoms. The van der Waals surface area contributed by atoms with E-state index in [1.807, 2.05) is 42.5 Å². The van der Waals surface area contributed by atoms with Crippen LogP contribution in [0.15, 0.2) is 54.6 Å². The van der Waals surface area contributed by atoms with Crippen LogP contribution in [0, 0.1) is 0 Å². The van der Waals surface area contributed by atoms with E-state index in [2.05, 4.69) is 34.7 Å². The van der Waals surface area contributed by atoms with Gasteiger partial charge in [0.15, 0.2) is 0 Å². The average Bonchev–Trinajstić information content (AvgIpc) is 2.62. The highest BCUT2D eigenvalue weighted by Gasteiger charge is 2.20. The van der Waals surface area contributed by atoms with Crippen LogP contribution in [0.1, 0.15) is 11.1 Å². The van der Waals surface area contributed by atoms with Gasteiger partial charge in [-0.25, -0.2) is 4.79 Å². The van der Waals surface area contributed by atoms with E-state index in [1.165, 1.54) is 5.56 Å². The van der Waals surface area contributed by atoms with E-state index < -0.39 is 0 Å². The van der Waals surface area contributed by atoms with Gasteiger partial charge in [0.25, 0.3) is 0 Å². The monoisotopic (exact) mass is 339 g/mol. The number of amides is 2. The molecule has 2 aromatic rings. The van der Waals surface area contributed by atoms with Crippen LogP contribution in [0.2, 0.25) is 0 Å². The van der Waals surface area contributed by atoms with Gasteiger partial charge < -0.3 is 20.3 Å².